The maximum absolute atomic E-state index is 13.0. The Kier molecular flexibility index (Phi) is 4.91. The Labute approximate surface area is 198 Å². The second-order valence-electron chi connectivity index (χ2n) is 8.36. The summed E-state index contributed by atoms with van der Waals surface area (Å²) in [5.41, 5.74) is 2.59. The van der Waals surface area contributed by atoms with E-state index in [0.717, 1.165) is 24.1 Å². The molecule has 5 aromatic rings. The summed E-state index contributed by atoms with van der Waals surface area (Å²) in [4.78, 5) is 49.1. The Morgan fingerprint density at radius 2 is 1.94 bits per heavy atom. The van der Waals surface area contributed by atoms with Crippen LogP contribution in [0.1, 0.15) is 34.5 Å². The van der Waals surface area contributed by atoms with Crippen molar-refractivity contribution in [3.05, 3.63) is 82.1 Å². The highest BCUT2D eigenvalue weighted by molar-refractivity contribution is 6.48. The van der Waals surface area contributed by atoms with Crippen molar-refractivity contribution in [3.63, 3.8) is 0 Å². The minimum absolute atomic E-state index is 0.156. The van der Waals surface area contributed by atoms with Crippen LogP contribution in [0, 0.1) is 0 Å². The van der Waals surface area contributed by atoms with Crippen LogP contribution in [0.15, 0.2) is 64.1 Å². The second-order valence-corrected chi connectivity index (χ2v) is 8.36. The molecular weight excluding hydrogens is 448 g/mol. The molecule has 0 fully saturated rings. The number of hydrogen-bond acceptors (Lipinski definition) is 6. The van der Waals surface area contributed by atoms with Gasteiger partial charge >= 0.3 is 0 Å². The highest BCUT2D eigenvalue weighted by Crippen LogP contribution is 2.26. The van der Waals surface area contributed by atoms with Crippen molar-refractivity contribution in [2.45, 2.75) is 25.7 Å². The van der Waals surface area contributed by atoms with Crippen LogP contribution in [0.25, 0.3) is 28.3 Å². The number of furan rings is 1. The van der Waals surface area contributed by atoms with Crippen molar-refractivity contribution in [2.75, 3.05) is 5.32 Å². The van der Waals surface area contributed by atoms with Gasteiger partial charge in [-0.2, -0.15) is 9.78 Å². The molecule has 0 radical (unpaired) electrons. The number of amides is 1. The molecule has 1 aromatic carbocycles. The molecule has 1 aliphatic rings. The van der Waals surface area contributed by atoms with Crippen molar-refractivity contribution >= 4 is 28.4 Å². The SMILES string of the molecule is O=C(Nc1cc(-c2ccco2)nn1-c1nc2c(c(=O)[nH]1)CCCC2)C(=O)c1c[nH]c2ccccc12. The number of ketones is 1. The van der Waals surface area contributed by atoms with Gasteiger partial charge < -0.3 is 14.7 Å². The number of nitrogens with one attached hydrogen (secondary N) is 3. The zero-order valence-electron chi connectivity index (χ0n) is 18.5. The molecule has 0 saturated carbocycles. The van der Waals surface area contributed by atoms with Gasteiger partial charge in [-0.3, -0.25) is 19.4 Å². The largest absolute Gasteiger partial charge is 0.463 e. The van der Waals surface area contributed by atoms with Crippen molar-refractivity contribution in [1.29, 1.82) is 0 Å². The molecule has 0 atom stereocenters. The summed E-state index contributed by atoms with van der Waals surface area (Å²) in [5.74, 6) is -0.761. The van der Waals surface area contributed by atoms with Gasteiger partial charge in [0, 0.05) is 28.7 Å². The molecule has 6 rings (SSSR count). The van der Waals surface area contributed by atoms with E-state index in [-0.39, 0.29) is 22.9 Å². The van der Waals surface area contributed by atoms with Gasteiger partial charge in [0.1, 0.15) is 11.5 Å². The zero-order valence-corrected chi connectivity index (χ0v) is 18.5. The third kappa shape index (κ3) is 3.65. The molecule has 4 heterocycles. The first-order valence-corrected chi connectivity index (χ1v) is 11.3. The molecule has 10 nitrogen and oxygen atoms in total. The molecule has 0 saturated heterocycles. The third-order valence-electron chi connectivity index (χ3n) is 6.14. The molecule has 3 N–H and O–H groups in total. The Morgan fingerprint density at radius 1 is 1.09 bits per heavy atom. The Morgan fingerprint density at radius 3 is 2.80 bits per heavy atom. The fourth-order valence-corrected chi connectivity index (χ4v) is 4.42. The number of benzene rings is 1. The summed E-state index contributed by atoms with van der Waals surface area (Å²) >= 11 is 0. The van der Waals surface area contributed by atoms with Gasteiger partial charge in [-0.05, 0) is 43.9 Å². The second kappa shape index (κ2) is 8.24. The molecule has 1 amide bonds. The normalized spacial score (nSPS) is 13.0. The lowest BCUT2D eigenvalue weighted by Crippen LogP contribution is -2.26. The molecule has 0 spiro atoms. The van der Waals surface area contributed by atoms with E-state index in [1.807, 2.05) is 12.1 Å². The molecule has 10 heteroatoms. The lowest BCUT2D eigenvalue weighted by Gasteiger charge is -2.15. The third-order valence-corrected chi connectivity index (χ3v) is 6.14. The van der Waals surface area contributed by atoms with E-state index in [0.29, 0.717) is 35.2 Å². The van der Waals surface area contributed by atoms with Crippen LogP contribution in [-0.4, -0.2) is 36.4 Å². The van der Waals surface area contributed by atoms with E-state index in [2.05, 4.69) is 25.4 Å². The van der Waals surface area contributed by atoms with Gasteiger partial charge in [0.15, 0.2) is 5.76 Å². The number of Topliss-reactive ketones (excluding diaryl/α,β-unsaturated/α-hetero) is 1. The topological polar surface area (TPSA) is 139 Å². The van der Waals surface area contributed by atoms with E-state index < -0.39 is 11.7 Å². The standard InChI is InChI=1S/C25H20N6O4/c32-22(16-13-26-17-8-3-1-6-14(16)17)24(34)28-21-12-19(20-10-5-11-35-20)30-31(21)25-27-18-9-4-2-7-15(18)23(33)29-25/h1,3,5-6,8,10-13,26H,2,4,7,9H2,(H,28,34)(H,27,29,33). The number of anilines is 1. The van der Waals surface area contributed by atoms with E-state index in [1.54, 1.807) is 30.3 Å². The molecule has 35 heavy (non-hydrogen) atoms. The number of nitrogens with zero attached hydrogens (tertiary/aromatic N) is 3. The molecule has 4 aromatic heterocycles. The number of aryl methyl sites for hydroxylation is 1. The minimum Gasteiger partial charge on any atom is -0.463 e. The number of fused-ring (bicyclic) bond motifs is 2. The quantitative estimate of drug-likeness (QED) is 0.267. The number of carbonyl (C=O) groups excluding carboxylic acids is 2. The van der Waals surface area contributed by atoms with E-state index in [1.165, 1.54) is 17.1 Å². The summed E-state index contributed by atoms with van der Waals surface area (Å²) in [5, 5.41) is 7.79. The van der Waals surface area contributed by atoms with Crippen LogP contribution in [0.5, 0.6) is 0 Å². The zero-order chi connectivity index (χ0) is 23.9. The maximum atomic E-state index is 13.0. The number of hydrogen-bond donors (Lipinski definition) is 3. The van der Waals surface area contributed by atoms with Gasteiger partial charge in [0.25, 0.3) is 17.2 Å². The predicted molar refractivity (Wildman–Crippen MR) is 128 cm³/mol. The van der Waals surface area contributed by atoms with Crippen LogP contribution in [0.3, 0.4) is 0 Å². The molecule has 0 bridgehead atoms. The van der Waals surface area contributed by atoms with Crippen LogP contribution in [0.4, 0.5) is 5.82 Å². The lowest BCUT2D eigenvalue weighted by atomic mass is 9.97. The monoisotopic (exact) mass is 468 g/mol. The van der Waals surface area contributed by atoms with Crippen molar-refractivity contribution in [1.82, 2.24) is 24.7 Å². The fraction of sp³-hybridized carbons (Fsp3) is 0.160. The summed E-state index contributed by atoms with van der Waals surface area (Å²) in [6.07, 6.45) is 6.28. The summed E-state index contributed by atoms with van der Waals surface area (Å²) in [6.45, 7) is 0. The average molecular weight is 468 g/mol. The van der Waals surface area contributed by atoms with Crippen molar-refractivity contribution in [3.8, 4) is 17.4 Å². The Balaban J connectivity index is 1.40. The first-order valence-electron chi connectivity index (χ1n) is 11.3. The molecule has 0 unspecified atom stereocenters. The van der Waals surface area contributed by atoms with E-state index in [4.69, 9.17) is 4.42 Å². The van der Waals surface area contributed by atoms with Crippen molar-refractivity contribution < 1.29 is 14.0 Å². The molecule has 0 aliphatic heterocycles. The molecule has 174 valence electrons. The van der Waals surface area contributed by atoms with Crippen LogP contribution in [-0.2, 0) is 17.6 Å². The van der Waals surface area contributed by atoms with Crippen LogP contribution in [0.2, 0.25) is 0 Å². The Hall–Kier alpha value is -4.73. The van der Waals surface area contributed by atoms with Crippen LogP contribution >= 0.6 is 0 Å². The smallest absolute Gasteiger partial charge is 0.298 e. The fourth-order valence-electron chi connectivity index (χ4n) is 4.42. The number of para-hydroxylation sites is 1. The highest BCUT2D eigenvalue weighted by atomic mass is 16.3. The number of aromatic amines is 2. The van der Waals surface area contributed by atoms with E-state index >= 15 is 0 Å². The van der Waals surface area contributed by atoms with Gasteiger partial charge in [0.05, 0.1) is 17.5 Å². The summed E-state index contributed by atoms with van der Waals surface area (Å²) in [7, 11) is 0. The number of H-pyrrole nitrogens is 2. The summed E-state index contributed by atoms with van der Waals surface area (Å²) < 4.78 is 6.76. The summed E-state index contributed by atoms with van der Waals surface area (Å²) in [6, 6.07) is 12.2. The predicted octanol–water partition coefficient (Wildman–Crippen LogP) is 3.40. The molecule has 1 aliphatic carbocycles. The lowest BCUT2D eigenvalue weighted by molar-refractivity contribution is -0.112. The first-order chi connectivity index (χ1) is 17.1. The maximum Gasteiger partial charge on any atom is 0.298 e. The van der Waals surface area contributed by atoms with Crippen LogP contribution < -0.4 is 10.9 Å². The van der Waals surface area contributed by atoms with Gasteiger partial charge in [-0.15, -0.1) is 0 Å². The van der Waals surface area contributed by atoms with Gasteiger partial charge in [-0.25, -0.2) is 4.98 Å². The Bertz CT molecular complexity index is 1640. The number of carbonyl (C=O) groups is 2. The first kappa shape index (κ1) is 20.8. The highest BCUT2D eigenvalue weighted by Gasteiger charge is 2.24. The molecular formula is C25H20N6O4. The average Bonchev–Trinajstić information content (AvgIpc) is 3.63. The minimum atomic E-state index is -0.845. The van der Waals surface area contributed by atoms with Gasteiger partial charge in [-0.1, -0.05) is 18.2 Å². The number of rotatable bonds is 5. The van der Waals surface area contributed by atoms with Crippen molar-refractivity contribution in [2.24, 2.45) is 0 Å². The van der Waals surface area contributed by atoms with Gasteiger partial charge in [0.2, 0.25) is 5.95 Å². The van der Waals surface area contributed by atoms with E-state index in [9.17, 15) is 14.4 Å². The number of aromatic nitrogens is 5.